The third-order valence-corrected chi connectivity index (χ3v) is 6.78. The molecule has 35 heavy (non-hydrogen) atoms. The number of rotatable bonds is 10. The molecule has 0 spiro atoms. The molecule has 0 saturated carbocycles. The van der Waals surface area contributed by atoms with Gasteiger partial charge in [0.2, 0.25) is 0 Å². The summed E-state index contributed by atoms with van der Waals surface area (Å²) in [6, 6.07) is 8.49. The molecule has 1 saturated heterocycles. The minimum atomic E-state index is -4.21. The van der Waals surface area contributed by atoms with Crippen molar-refractivity contribution in [2.75, 3.05) is 6.61 Å². The van der Waals surface area contributed by atoms with Gasteiger partial charge in [0.1, 0.15) is 34.7 Å². The number of para-hydroxylation sites is 1. The van der Waals surface area contributed by atoms with E-state index in [4.69, 9.17) is 30.7 Å². The average molecular weight is 530 g/mol. The topological polar surface area (TPSA) is 161 Å². The monoisotopic (exact) mass is 529 g/mol. The van der Waals surface area contributed by atoms with Crippen LogP contribution in [0.4, 0.5) is 0 Å². The molecular formula is C21H28N3O9PS. The predicted molar refractivity (Wildman–Crippen MR) is 126 cm³/mol. The van der Waals surface area contributed by atoms with E-state index >= 15 is 0 Å². The number of H-pyrrole nitrogens is 1. The quantitative estimate of drug-likeness (QED) is 0.201. The van der Waals surface area contributed by atoms with Crippen LogP contribution in [0.2, 0.25) is 0 Å². The molecule has 2 heterocycles. The van der Waals surface area contributed by atoms with Crippen LogP contribution >= 0.6 is 20.0 Å². The summed E-state index contributed by atoms with van der Waals surface area (Å²) < 4.78 is 36.6. The minimum Gasteiger partial charge on any atom is -0.462 e. The van der Waals surface area contributed by atoms with E-state index in [1.807, 2.05) is 0 Å². The van der Waals surface area contributed by atoms with Crippen LogP contribution in [0.15, 0.2) is 47.4 Å². The Balaban J connectivity index is 1.75. The first-order valence-electron chi connectivity index (χ1n) is 10.8. The van der Waals surface area contributed by atoms with E-state index in [-0.39, 0.29) is 10.4 Å². The number of aliphatic hydroxyl groups is 2. The van der Waals surface area contributed by atoms with Gasteiger partial charge in [0.05, 0.1) is 12.7 Å². The van der Waals surface area contributed by atoms with Gasteiger partial charge in [-0.1, -0.05) is 30.4 Å². The molecule has 3 rings (SSSR count). The third-order valence-electron chi connectivity index (χ3n) is 4.90. The number of carbonyl (C=O) groups is 1. The number of ether oxygens (including phenoxy) is 2. The van der Waals surface area contributed by atoms with Gasteiger partial charge in [-0.25, -0.2) is 9.36 Å². The van der Waals surface area contributed by atoms with Crippen molar-refractivity contribution in [1.29, 1.82) is 0 Å². The number of carbonyl (C=O) groups excluding carboxylic acids is 1. The van der Waals surface area contributed by atoms with Crippen LogP contribution in [0.5, 0.6) is 5.75 Å². The van der Waals surface area contributed by atoms with Crippen molar-refractivity contribution in [1.82, 2.24) is 14.6 Å². The van der Waals surface area contributed by atoms with E-state index in [0.29, 0.717) is 0 Å². The number of aromatic nitrogens is 2. The highest BCUT2D eigenvalue weighted by molar-refractivity contribution is 7.71. The first-order chi connectivity index (χ1) is 16.5. The zero-order chi connectivity index (χ0) is 25.8. The molecule has 1 aliphatic heterocycles. The molecule has 2 unspecified atom stereocenters. The van der Waals surface area contributed by atoms with Crippen LogP contribution in [0.25, 0.3) is 0 Å². The lowest BCUT2D eigenvalue weighted by Crippen LogP contribution is -2.38. The number of nitrogens with one attached hydrogen (secondary N) is 2. The molecule has 0 amide bonds. The Labute approximate surface area is 206 Å². The normalized spacial score (nSPS) is 24.6. The third kappa shape index (κ3) is 7.07. The second-order valence-corrected chi connectivity index (χ2v) is 10.2. The molecule has 4 N–H and O–H groups in total. The highest BCUT2D eigenvalue weighted by atomic mass is 32.1. The summed E-state index contributed by atoms with van der Waals surface area (Å²) in [5, 5.41) is 23.4. The van der Waals surface area contributed by atoms with Crippen molar-refractivity contribution in [3.63, 3.8) is 0 Å². The van der Waals surface area contributed by atoms with Gasteiger partial charge in [0.25, 0.3) is 0 Å². The van der Waals surface area contributed by atoms with Gasteiger partial charge in [0, 0.05) is 6.20 Å². The van der Waals surface area contributed by atoms with Crippen molar-refractivity contribution in [2.24, 2.45) is 0 Å². The molecule has 1 aliphatic rings. The van der Waals surface area contributed by atoms with Gasteiger partial charge in [-0.15, -0.1) is 0 Å². The summed E-state index contributed by atoms with van der Waals surface area (Å²) in [5.41, 5.74) is -0.646. The van der Waals surface area contributed by atoms with Crippen LogP contribution < -0.4 is 15.3 Å². The van der Waals surface area contributed by atoms with Crippen LogP contribution in [-0.4, -0.2) is 62.8 Å². The molecule has 2 aromatic rings. The molecule has 1 aromatic heterocycles. The highest BCUT2D eigenvalue weighted by Crippen LogP contribution is 2.46. The van der Waals surface area contributed by atoms with Gasteiger partial charge in [-0.3, -0.25) is 18.9 Å². The van der Waals surface area contributed by atoms with Crippen molar-refractivity contribution in [3.8, 4) is 5.75 Å². The lowest BCUT2D eigenvalue weighted by Gasteiger charge is -2.25. The maximum Gasteiger partial charge on any atom is 0.459 e. The second-order valence-electron chi connectivity index (χ2n) is 8.10. The summed E-state index contributed by atoms with van der Waals surface area (Å²) in [7, 11) is -4.21. The zero-order valence-electron chi connectivity index (χ0n) is 19.3. The number of nitrogens with zero attached hydrogens (tertiary/aromatic N) is 1. The van der Waals surface area contributed by atoms with E-state index in [9.17, 15) is 24.4 Å². The number of aromatic amines is 1. The minimum absolute atomic E-state index is 0.189. The van der Waals surface area contributed by atoms with Gasteiger partial charge in [0.15, 0.2) is 6.23 Å². The number of esters is 1. The summed E-state index contributed by atoms with van der Waals surface area (Å²) in [4.78, 5) is 26.8. The van der Waals surface area contributed by atoms with Crippen molar-refractivity contribution < 1.29 is 38.1 Å². The number of hydrogen-bond acceptors (Lipinski definition) is 10. The maximum absolute atomic E-state index is 13.5. The Morgan fingerprint density at radius 2 is 1.91 bits per heavy atom. The molecule has 6 atom stereocenters. The van der Waals surface area contributed by atoms with Crippen LogP contribution in [0.3, 0.4) is 0 Å². The Bertz CT molecular complexity index is 1170. The maximum atomic E-state index is 13.5. The summed E-state index contributed by atoms with van der Waals surface area (Å²) in [6.07, 6.45) is -4.48. The number of benzene rings is 1. The first kappa shape index (κ1) is 27.2. The summed E-state index contributed by atoms with van der Waals surface area (Å²) in [5.74, 6) is -0.474. The molecule has 1 fully saturated rings. The summed E-state index contributed by atoms with van der Waals surface area (Å²) >= 11 is 4.89. The van der Waals surface area contributed by atoms with Gasteiger partial charge >= 0.3 is 19.4 Å². The van der Waals surface area contributed by atoms with E-state index in [1.165, 1.54) is 19.2 Å². The Morgan fingerprint density at radius 1 is 1.23 bits per heavy atom. The Kier molecular flexibility index (Phi) is 9.00. The van der Waals surface area contributed by atoms with E-state index in [1.54, 1.807) is 44.2 Å². The first-order valence-corrected chi connectivity index (χ1v) is 12.7. The van der Waals surface area contributed by atoms with Crippen LogP contribution in [0.1, 0.15) is 27.0 Å². The fourth-order valence-electron chi connectivity index (χ4n) is 3.23. The average Bonchev–Trinajstić information content (AvgIpc) is 3.06. The van der Waals surface area contributed by atoms with Gasteiger partial charge < -0.3 is 24.2 Å². The molecule has 12 nitrogen and oxygen atoms in total. The zero-order valence-corrected chi connectivity index (χ0v) is 21.0. The smallest absolute Gasteiger partial charge is 0.459 e. The molecule has 0 radical (unpaired) electrons. The summed E-state index contributed by atoms with van der Waals surface area (Å²) in [6.45, 7) is 4.27. The van der Waals surface area contributed by atoms with Gasteiger partial charge in [-0.2, -0.15) is 5.09 Å². The molecule has 14 heteroatoms. The Hall–Kier alpha value is -2.38. The van der Waals surface area contributed by atoms with Gasteiger partial charge in [-0.05, 0) is 39.0 Å². The lowest BCUT2D eigenvalue weighted by molar-refractivity contribution is -0.149. The lowest BCUT2D eigenvalue weighted by atomic mass is 10.1. The standard InChI is InChI=1S/C21H28N3O9PS/c1-12(2)31-20(27)13(3)23-34(29,33-14-7-5-4-6-8-14)30-11-15-17(25)18(26)19(32-15)24-10-9-16(35)22-21(24)28/h4-10,12-13,15,17-19,25-26H,11H2,1-3H3,(H,23,29)(H,22,28,35)/t13-,15+,17?,18-,19+,34?/m0/s1. The van der Waals surface area contributed by atoms with Crippen LogP contribution in [-0.2, 0) is 23.4 Å². The predicted octanol–water partition coefficient (Wildman–Crippen LogP) is 1.66. The van der Waals surface area contributed by atoms with Crippen molar-refractivity contribution >= 4 is 25.9 Å². The molecule has 0 bridgehead atoms. The number of hydrogen-bond donors (Lipinski definition) is 4. The fourth-order valence-corrected chi connectivity index (χ4v) is 4.88. The molecular weight excluding hydrogens is 501 g/mol. The molecule has 1 aromatic carbocycles. The van der Waals surface area contributed by atoms with Crippen molar-refractivity contribution in [2.45, 2.75) is 57.5 Å². The number of aliphatic hydroxyl groups excluding tert-OH is 2. The molecule has 192 valence electrons. The van der Waals surface area contributed by atoms with E-state index < -0.39 is 62.7 Å². The SMILES string of the molecule is CC(C)OC(=O)[C@H](C)NP(=O)(OC[C@H]1O[C@@H](n2ccc(=S)[nH]c2=O)[C@@H](O)C1O)Oc1ccccc1. The van der Waals surface area contributed by atoms with E-state index in [2.05, 4.69) is 10.1 Å². The second kappa shape index (κ2) is 11.6. The van der Waals surface area contributed by atoms with Crippen LogP contribution in [0, 0.1) is 4.64 Å². The van der Waals surface area contributed by atoms with E-state index in [0.717, 1.165) is 4.57 Å². The largest absolute Gasteiger partial charge is 0.462 e. The van der Waals surface area contributed by atoms with Crippen molar-refractivity contribution in [3.05, 3.63) is 57.7 Å². The fraction of sp³-hybridized carbons (Fsp3) is 0.476. The molecule has 0 aliphatic carbocycles. The Morgan fingerprint density at radius 3 is 2.54 bits per heavy atom. The highest BCUT2D eigenvalue weighted by Gasteiger charge is 2.45.